The Hall–Kier alpha value is -2.99. The molecule has 1 saturated carbocycles. The van der Waals surface area contributed by atoms with E-state index in [-0.39, 0.29) is 29.1 Å². The summed E-state index contributed by atoms with van der Waals surface area (Å²) in [4.78, 5) is 29.5. The summed E-state index contributed by atoms with van der Waals surface area (Å²) in [6.45, 7) is -1.16. The summed E-state index contributed by atoms with van der Waals surface area (Å²) in [5, 5.41) is 3.30. The lowest BCUT2D eigenvalue weighted by Crippen LogP contribution is -2.55. The van der Waals surface area contributed by atoms with E-state index in [2.05, 4.69) is 5.32 Å². The lowest BCUT2D eigenvalue weighted by Gasteiger charge is -2.35. The second-order valence-electron chi connectivity index (χ2n) is 11.2. The van der Waals surface area contributed by atoms with Gasteiger partial charge in [-0.3, -0.25) is 13.9 Å². The van der Waals surface area contributed by atoms with E-state index in [1.54, 1.807) is 42.5 Å². The van der Waals surface area contributed by atoms with Crippen molar-refractivity contribution in [2.75, 3.05) is 17.1 Å². The third-order valence-corrected chi connectivity index (χ3v) is 9.83. The molecular formula is C32H33Cl3F3N3O4S. The zero-order valence-corrected chi connectivity index (χ0v) is 28.0. The molecule has 0 spiro atoms. The van der Waals surface area contributed by atoms with Crippen LogP contribution in [0.3, 0.4) is 0 Å². The van der Waals surface area contributed by atoms with E-state index in [0.29, 0.717) is 27.0 Å². The largest absolute Gasteiger partial charge is 0.416 e. The summed E-state index contributed by atoms with van der Waals surface area (Å²) >= 11 is 18.8. The Morgan fingerprint density at radius 1 is 0.935 bits per heavy atom. The molecule has 0 heterocycles. The van der Waals surface area contributed by atoms with Gasteiger partial charge in [-0.1, -0.05) is 90.5 Å². The van der Waals surface area contributed by atoms with E-state index in [9.17, 15) is 31.2 Å². The Morgan fingerprint density at radius 2 is 1.61 bits per heavy atom. The Bertz CT molecular complexity index is 1650. The Labute approximate surface area is 281 Å². The first kappa shape index (κ1) is 35.9. The molecule has 4 rings (SSSR count). The second-order valence-corrected chi connectivity index (χ2v) is 14.4. The van der Waals surface area contributed by atoms with Crippen LogP contribution in [0.5, 0.6) is 0 Å². The molecule has 248 valence electrons. The number of hydrogen-bond donors (Lipinski definition) is 1. The molecule has 1 N–H and O–H groups in total. The molecule has 1 aliphatic rings. The number of halogens is 6. The number of amides is 2. The number of carbonyl (C=O) groups excluding carboxylic acids is 2. The zero-order chi connectivity index (χ0) is 33.6. The van der Waals surface area contributed by atoms with Gasteiger partial charge in [-0.2, -0.15) is 13.2 Å². The van der Waals surface area contributed by atoms with Crippen LogP contribution in [0.4, 0.5) is 18.9 Å². The maximum absolute atomic E-state index is 14.3. The Kier molecular flexibility index (Phi) is 11.9. The van der Waals surface area contributed by atoms with E-state index in [4.69, 9.17) is 34.8 Å². The molecule has 1 fully saturated rings. The van der Waals surface area contributed by atoms with Crippen molar-refractivity contribution in [2.24, 2.45) is 0 Å². The number of hydrogen-bond acceptors (Lipinski definition) is 4. The summed E-state index contributed by atoms with van der Waals surface area (Å²) in [5.74, 6) is -1.30. The van der Waals surface area contributed by atoms with Gasteiger partial charge in [0.1, 0.15) is 12.6 Å². The van der Waals surface area contributed by atoms with E-state index in [1.165, 1.54) is 11.0 Å². The maximum Gasteiger partial charge on any atom is 0.416 e. The van der Waals surface area contributed by atoms with Gasteiger partial charge in [0.05, 0.1) is 22.5 Å². The number of anilines is 1. The normalized spacial score (nSPS) is 14.8. The highest BCUT2D eigenvalue weighted by Crippen LogP contribution is 2.36. The third-order valence-electron chi connectivity index (χ3n) is 7.80. The number of alkyl halides is 3. The van der Waals surface area contributed by atoms with Gasteiger partial charge in [0, 0.05) is 29.1 Å². The van der Waals surface area contributed by atoms with Crippen molar-refractivity contribution in [3.05, 3.63) is 98.5 Å². The predicted molar refractivity (Wildman–Crippen MR) is 175 cm³/mol. The monoisotopic (exact) mass is 717 g/mol. The highest BCUT2D eigenvalue weighted by Gasteiger charge is 2.36. The van der Waals surface area contributed by atoms with Crippen LogP contribution in [0.2, 0.25) is 15.1 Å². The lowest BCUT2D eigenvalue weighted by molar-refractivity contribution is -0.140. The zero-order valence-electron chi connectivity index (χ0n) is 24.9. The highest BCUT2D eigenvalue weighted by molar-refractivity contribution is 7.92. The van der Waals surface area contributed by atoms with Crippen LogP contribution in [-0.2, 0) is 38.8 Å². The minimum atomic E-state index is -4.80. The van der Waals surface area contributed by atoms with Crippen molar-refractivity contribution in [3.63, 3.8) is 0 Å². The predicted octanol–water partition coefficient (Wildman–Crippen LogP) is 7.52. The summed E-state index contributed by atoms with van der Waals surface area (Å²) in [6.07, 6.45) is 0.513. The molecule has 3 aromatic rings. The third kappa shape index (κ3) is 9.53. The average Bonchev–Trinajstić information content (AvgIpc) is 2.99. The second kappa shape index (κ2) is 15.3. The van der Waals surface area contributed by atoms with Gasteiger partial charge in [0.15, 0.2) is 0 Å². The van der Waals surface area contributed by atoms with Crippen LogP contribution in [0, 0.1) is 0 Å². The van der Waals surface area contributed by atoms with Gasteiger partial charge in [0.2, 0.25) is 21.8 Å². The Balaban J connectivity index is 1.79. The van der Waals surface area contributed by atoms with Crippen molar-refractivity contribution in [1.29, 1.82) is 0 Å². The molecule has 0 aromatic heterocycles. The highest BCUT2D eigenvalue weighted by atomic mass is 35.5. The quantitative estimate of drug-likeness (QED) is 0.222. The average molecular weight is 719 g/mol. The summed E-state index contributed by atoms with van der Waals surface area (Å²) in [6, 6.07) is 14.6. The molecule has 0 aliphatic heterocycles. The number of nitrogens with one attached hydrogen (secondary N) is 1. The topological polar surface area (TPSA) is 86.8 Å². The number of rotatable bonds is 11. The van der Waals surface area contributed by atoms with Crippen molar-refractivity contribution < 1.29 is 31.2 Å². The minimum absolute atomic E-state index is 0.0690. The molecule has 2 amide bonds. The van der Waals surface area contributed by atoms with Crippen molar-refractivity contribution in [1.82, 2.24) is 10.2 Å². The fourth-order valence-corrected chi connectivity index (χ4v) is 7.00. The van der Waals surface area contributed by atoms with Gasteiger partial charge < -0.3 is 10.2 Å². The molecular weight excluding hydrogens is 686 g/mol. The van der Waals surface area contributed by atoms with Crippen LogP contribution < -0.4 is 9.62 Å². The van der Waals surface area contributed by atoms with E-state index in [1.807, 2.05) is 0 Å². The fraction of sp³-hybridized carbons (Fsp3) is 0.375. The fourth-order valence-electron chi connectivity index (χ4n) is 5.41. The standard InChI is InChI=1S/C32H33Cl3F3N3O4S/c1-46(44,45)41(28-17-23(32(36,37)38)13-15-26(28)34)20-30(42)40(19-22-12-14-24(33)18-27(22)35)29(16-21-8-4-2-5-9-21)31(43)39-25-10-6-3-7-11-25/h2,4-5,8-9,12-15,17-18,25,29H,3,6-7,10-11,16,19-20H2,1H3,(H,39,43). The van der Waals surface area contributed by atoms with Gasteiger partial charge in [-0.25, -0.2) is 8.42 Å². The first-order valence-electron chi connectivity index (χ1n) is 14.6. The van der Waals surface area contributed by atoms with Crippen molar-refractivity contribution in [2.45, 2.75) is 63.3 Å². The van der Waals surface area contributed by atoms with Gasteiger partial charge >= 0.3 is 6.18 Å². The summed E-state index contributed by atoms with van der Waals surface area (Å²) < 4.78 is 67.3. The van der Waals surface area contributed by atoms with E-state index >= 15 is 0 Å². The van der Waals surface area contributed by atoms with Gasteiger partial charge in [-0.05, 0) is 54.3 Å². The van der Waals surface area contributed by atoms with Gasteiger partial charge in [0.25, 0.3) is 0 Å². The first-order valence-corrected chi connectivity index (χ1v) is 17.5. The lowest BCUT2D eigenvalue weighted by atomic mass is 9.94. The molecule has 0 bridgehead atoms. The molecule has 14 heteroatoms. The number of nitrogens with zero attached hydrogens (tertiary/aromatic N) is 2. The molecule has 0 saturated heterocycles. The number of sulfonamides is 1. The summed E-state index contributed by atoms with van der Waals surface area (Å²) in [5.41, 5.74) is -0.521. The SMILES string of the molecule is CS(=O)(=O)N(CC(=O)N(Cc1ccc(Cl)cc1Cl)C(Cc1ccccc1)C(=O)NC1CCCCC1)c1cc(C(F)(F)F)ccc1Cl. The van der Waals surface area contributed by atoms with Crippen molar-refractivity contribution >= 4 is 62.3 Å². The van der Waals surface area contributed by atoms with Crippen LogP contribution in [0.25, 0.3) is 0 Å². The maximum atomic E-state index is 14.3. The van der Waals surface area contributed by atoms with Crippen LogP contribution in [-0.4, -0.2) is 50.0 Å². The smallest absolute Gasteiger partial charge is 0.352 e. The molecule has 1 aliphatic carbocycles. The molecule has 3 aromatic carbocycles. The number of carbonyl (C=O) groups is 2. The van der Waals surface area contributed by atoms with E-state index in [0.717, 1.165) is 50.0 Å². The minimum Gasteiger partial charge on any atom is -0.352 e. The van der Waals surface area contributed by atoms with Crippen LogP contribution in [0.1, 0.15) is 48.8 Å². The first-order chi connectivity index (χ1) is 21.6. The molecule has 1 atom stereocenters. The van der Waals surface area contributed by atoms with Gasteiger partial charge in [-0.15, -0.1) is 0 Å². The van der Waals surface area contributed by atoms with Crippen LogP contribution >= 0.6 is 34.8 Å². The molecule has 46 heavy (non-hydrogen) atoms. The number of benzene rings is 3. The molecule has 7 nitrogen and oxygen atoms in total. The summed E-state index contributed by atoms with van der Waals surface area (Å²) in [7, 11) is -4.36. The van der Waals surface area contributed by atoms with Crippen molar-refractivity contribution in [3.8, 4) is 0 Å². The Morgan fingerprint density at radius 3 is 2.22 bits per heavy atom. The van der Waals surface area contributed by atoms with Crippen LogP contribution in [0.15, 0.2) is 66.7 Å². The van der Waals surface area contributed by atoms with E-state index < -0.39 is 51.9 Å². The molecule has 0 radical (unpaired) electrons. The molecule has 1 unspecified atom stereocenters.